The van der Waals surface area contributed by atoms with Crippen LogP contribution in [0, 0.1) is 17.8 Å². The van der Waals surface area contributed by atoms with Crippen LogP contribution in [0.2, 0.25) is 0 Å². The summed E-state index contributed by atoms with van der Waals surface area (Å²) in [7, 11) is 0. The van der Waals surface area contributed by atoms with E-state index in [0.717, 1.165) is 23.8 Å². The fraction of sp³-hybridized carbons (Fsp3) is 1.00. The molecule has 1 heterocycles. The van der Waals surface area contributed by atoms with Gasteiger partial charge in [-0.25, -0.2) is 0 Å². The van der Waals surface area contributed by atoms with Crippen molar-refractivity contribution < 1.29 is 0 Å². The van der Waals surface area contributed by atoms with E-state index in [2.05, 4.69) is 33.0 Å². The molecule has 0 bridgehead atoms. The Kier molecular flexibility index (Phi) is 4.94. The van der Waals surface area contributed by atoms with Crippen LogP contribution in [0.15, 0.2) is 0 Å². The van der Waals surface area contributed by atoms with E-state index < -0.39 is 0 Å². The average Bonchev–Trinajstić information content (AvgIpc) is 2.01. The molecule has 0 spiro atoms. The fourth-order valence-corrected chi connectivity index (χ4v) is 2.46. The molecule has 0 aliphatic carbocycles. The molecule has 1 aliphatic rings. The summed E-state index contributed by atoms with van der Waals surface area (Å²) in [5, 5.41) is 3.71. The third kappa shape index (κ3) is 3.61. The van der Waals surface area contributed by atoms with E-state index in [9.17, 15) is 0 Å². The third-order valence-electron chi connectivity index (χ3n) is 3.71. The van der Waals surface area contributed by atoms with Gasteiger partial charge in [0, 0.05) is 6.04 Å². The minimum atomic E-state index is 0.752. The highest BCUT2D eigenvalue weighted by molar-refractivity contribution is 4.78. The molecule has 2 atom stereocenters. The van der Waals surface area contributed by atoms with Crippen molar-refractivity contribution in [3.63, 3.8) is 0 Å². The van der Waals surface area contributed by atoms with Crippen LogP contribution in [0.4, 0.5) is 0 Å². The highest BCUT2D eigenvalue weighted by Crippen LogP contribution is 2.27. The molecule has 0 aromatic heterocycles. The lowest BCUT2D eigenvalue weighted by Crippen LogP contribution is -2.38. The topological polar surface area (TPSA) is 12.0 Å². The van der Waals surface area contributed by atoms with Crippen LogP contribution in [0.5, 0.6) is 0 Å². The van der Waals surface area contributed by atoms with E-state index >= 15 is 0 Å². The normalized spacial score (nSPS) is 30.4. The van der Waals surface area contributed by atoms with Crippen LogP contribution in [-0.2, 0) is 0 Å². The van der Waals surface area contributed by atoms with Gasteiger partial charge in [0.15, 0.2) is 0 Å². The molecule has 2 unspecified atom stereocenters. The Morgan fingerprint density at radius 1 is 1.00 bits per heavy atom. The Balaban J connectivity index is 2.50. The van der Waals surface area contributed by atoms with E-state index in [4.69, 9.17) is 0 Å². The van der Waals surface area contributed by atoms with E-state index in [1.165, 1.54) is 32.2 Å². The molecular weight excluding hydrogens is 170 g/mol. The molecule has 0 radical (unpaired) electrons. The van der Waals surface area contributed by atoms with E-state index in [-0.39, 0.29) is 0 Å². The second-order valence-electron chi connectivity index (χ2n) is 5.54. The molecule has 1 N–H and O–H groups in total. The van der Waals surface area contributed by atoms with Gasteiger partial charge in [0.1, 0.15) is 0 Å². The van der Waals surface area contributed by atoms with Gasteiger partial charge >= 0.3 is 0 Å². The van der Waals surface area contributed by atoms with E-state index in [0.29, 0.717) is 0 Å². The van der Waals surface area contributed by atoms with Crippen molar-refractivity contribution in [1.82, 2.24) is 5.32 Å². The van der Waals surface area contributed by atoms with Gasteiger partial charge in [-0.05, 0) is 37.1 Å². The molecule has 84 valence electrons. The maximum atomic E-state index is 3.71. The summed E-state index contributed by atoms with van der Waals surface area (Å²) < 4.78 is 0. The SMILES string of the molecule is CC(C)C1CCCCNC(C(C)C)C1. The third-order valence-corrected chi connectivity index (χ3v) is 3.71. The molecule has 14 heavy (non-hydrogen) atoms. The predicted octanol–water partition coefficient (Wildman–Crippen LogP) is 3.45. The number of rotatable bonds is 2. The maximum Gasteiger partial charge on any atom is 0.00927 e. The lowest BCUT2D eigenvalue weighted by Gasteiger charge is -2.32. The smallest absolute Gasteiger partial charge is 0.00927 e. The van der Waals surface area contributed by atoms with Crippen molar-refractivity contribution in [2.75, 3.05) is 6.54 Å². The Morgan fingerprint density at radius 2 is 1.71 bits per heavy atom. The zero-order valence-corrected chi connectivity index (χ0v) is 10.3. The first kappa shape index (κ1) is 12.0. The molecule has 1 aliphatic heterocycles. The van der Waals surface area contributed by atoms with Gasteiger partial charge in [-0.3, -0.25) is 0 Å². The van der Waals surface area contributed by atoms with Crippen LogP contribution in [0.3, 0.4) is 0 Å². The van der Waals surface area contributed by atoms with Gasteiger partial charge in [-0.2, -0.15) is 0 Å². The standard InChI is InChI=1S/C13H27N/c1-10(2)12-7-5-6-8-14-13(9-12)11(3)4/h10-14H,5-9H2,1-4H3. The van der Waals surface area contributed by atoms with Crippen molar-refractivity contribution in [3.05, 3.63) is 0 Å². The largest absolute Gasteiger partial charge is 0.314 e. The molecule has 0 aromatic rings. The predicted molar refractivity (Wildman–Crippen MR) is 63.4 cm³/mol. The molecular formula is C13H27N. The first-order valence-corrected chi connectivity index (χ1v) is 6.34. The molecule has 1 fully saturated rings. The first-order valence-electron chi connectivity index (χ1n) is 6.34. The van der Waals surface area contributed by atoms with Gasteiger partial charge in [-0.15, -0.1) is 0 Å². The molecule has 0 aromatic carbocycles. The monoisotopic (exact) mass is 197 g/mol. The minimum absolute atomic E-state index is 0.752. The Bertz CT molecular complexity index is 135. The number of hydrogen-bond acceptors (Lipinski definition) is 1. The summed E-state index contributed by atoms with van der Waals surface area (Å²) in [4.78, 5) is 0. The van der Waals surface area contributed by atoms with Crippen LogP contribution >= 0.6 is 0 Å². The summed E-state index contributed by atoms with van der Waals surface area (Å²) in [5.74, 6) is 2.58. The van der Waals surface area contributed by atoms with Gasteiger partial charge in [0.05, 0.1) is 0 Å². The van der Waals surface area contributed by atoms with E-state index in [1.807, 2.05) is 0 Å². The highest BCUT2D eigenvalue weighted by Gasteiger charge is 2.22. The minimum Gasteiger partial charge on any atom is -0.314 e. The maximum absolute atomic E-state index is 3.71. The van der Waals surface area contributed by atoms with Crippen molar-refractivity contribution >= 4 is 0 Å². The van der Waals surface area contributed by atoms with Crippen LogP contribution in [0.25, 0.3) is 0 Å². The Hall–Kier alpha value is -0.0400. The number of hydrogen-bond donors (Lipinski definition) is 1. The summed E-state index contributed by atoms with van der Waals surface area (Å²) in [6.45, 7) is 10.7. The summed E-state index contributed by atoms with van der Waals surface area (Å²) in [6.07, 6.45) is 5.62. The first-order chi connectivity index (χ1) is 6.61. The van der Waals surface area contributed by atoms with E-state index in [1.54, 1.807) is 0 Å². The van der Waals surface area contributed by atoms with Gasteiger partial charge in [0.25, 0.3) is 0 Å². The number of nitrogens with one attached hydrogen (secondary N) is 1. The quantitative estimate of drug-likeness (QED) is 0.715. The molecule has 1 heteroatoms. The lowest BCUT2D eigenvalue weighted by molar-refractivity contribution is 0.235. The zero-order valence-electron chi connectivity index (χ0n) is 10.3. The molecule has 1 saturated heterocycles. The van der Waals surface area contributed by atoms with Crippen molar-refractivity contribution in [3.8, 4) is 0 Å². The van der Waals surface area contributed by atoms with Crippen molar-refractivity contribution in [2.24, 2.45) is 17.8 Å². The zero-order chi connectivity index (χ0) is 10.6. The summed E-state index contributed by atoms with van der Waals surface area (Å²) in [5.41, 5.74) is 0. The highest BCUT2D eigenvalue weighted by atomic mass is 14.9. The van der Waals surface area contributed by atoms with Crippen LogP contribution in [0.1, 0.15) is 53.4 Å². The molecule has 0 saturated carbocycles. The summed E-state index contributed by atoms with van der Waals surface area (Å²) in [6, 6.07) is 0.752. The second-order valence-corrected chi connectivity index (χ2v) is 5.54. The average molecular weight is 197 g/mol. The van der Waals surface area contributed by atoms with Crippen molar-refractivity contribution in [2.45, 2.75) is 59.4 Å². The van der Waals surface area contributed by atoms with Gasteiger partial charge in [0.2, 0.25) is 0 Å². The van der Waals surface area contributed by atoms with Gasteiger partial charge < -0.3 is 5.32 Å². The van der Waals surface area contributed by atoms with Gasteiger partial charge in [-0.1, -0.05) is 40.5 Å². The summed E-state index contributed by atoms with van der Waals surface area (Å²) >= 11 is 0. The molecule has 1 rings (SSSR count). The molecule has 1 nitrogen and oxygen atoms in total. The second kappa shape index (κ2) is 5.75. The van der Waals surface area contributed by atoms with Crippen LogP contribution in [-0.4, -0.2) is 12.6 Å². The Morgan fingerprint density at radius 3 is 2.29 bits per heavy atom. The Labute approximate surface area is 89.7 Å². The lowest BCUT2D eigenvalue weighted by atomic mass is 9.81. The van der Waals surface area contributed by atoms with Crippen LogP contribution < -0.4 is 5.32 Å². The van der Waals surface area contributed by atoms with Crippen molar-refractivity contribution in [1.29, 1.82) is 0 Å². The molecule has 0 amide bonds. The fourth-order valence-electron chi connectivity index (χ4n) is 2.46.